The standard InChI is InChI=1S/C25H34Cl2FNOSi/c1-16(2)22-15-29(22)23(17-11-12-20(27)21(28)14-17)24(18-9-8-10-19(26)13-18)30-31(6,7)25(3,4)5/h8-14,16,22-24H,15H2,1-7H3/t22?,23-,24-,29+/m1/s1. The lowest BCUT2D eigenvalue weighted by Crippen LogP contribution is -2.43. The minimum absolute atomic E-state index is 0.0377. The molecule has 1 saturated heterocycles. The van der Waals surface area contributed by atoms with Crippen LogP contribution in [-0.2, 0) is 4.43 Å². The van der Waals surface area contributed by atoms with Crippen LogP contribution >= 0.6 is 23.2 Å². The van der Waals surface area contributed by atoms with Gasteiger partial charge in [0.05, 0.1) is 17.2 Å². The third kappa shape index (κ3) is 5.54. The minimum atomic E-state index is -2.15. The molecule has 3 rings (SSSR count). The smallest absolute Gasteiger partial charge is 0.193 e. The van der Waals surface area contributed by atoms with Crippen molar-refractivity contribution in [2.24, 2.45) is 5.92 Å². The first-order valence-electron chi connectivity index (χ1n) is 11.0. The molecule has 170 valence electrons. The summed E-state index contributed by atoms with van der Waals surface area (Å²) >= 11 is 12.4. The third-order valence-corrected chi connectivity index (χ3v) is 11.8. The van der Waals surface area contributed by atoms with Crippen LogP contribution < -0.4 is 0 Å². The molecular weight excluding hydrogens is 448 g/mol. The molecule has 31 heavy (non-hydrogen) atoms. The van der Waals surface area contributed by atoms with Crippen molar-refractivity contribution in [3.8, 4) is 0 Å². The van der Waals surface area contributed by atoms with Crippen molar-refractivity contribution < 1.29 is 8.82 Å². The molecule has 0 aliphatic carbocycles. The Morgan fingerprint density at radius 1 is 1.06 bits per heavy atom. The maximum atomic E-state index is 14.5. The molecule has 0 amide bonds. The Bertz CT molecular complexity index is 928. The van der Waals surface area contributed by atoms with Gasteiger partial charge in [-0.05, 0) is 59.4 Å². The Hall–Kier alpha value is -0.913. The van der Waals surface area contributed by atoms with Crippen LogP contribution in [-0.4, -0.2) is 25.8 Å². The van der Waals surface area contributed by atoms with E-state index in [1.54, 1.807) is 12.1 Å². The highest BCUT2D eigenvalue weighted by molar-refractivity contribution is 6.74. The zero-order valence-electron chi connectivity index (χ0n) is 19.5. The second-order valence-electron chi connectivity index (χ2n) is 10.5. The van der Waals surface area contributed by atoms with Gasteiger partial charge in [0.1, 0.15) is 5.82 Å². The molecule has 0 spiro atoms. The highest BCUT2D eigenvalue weighted by Gasteiger charge is 2.49. The topological polar surface area (TPSA) is 12.2 Å². The van der Waals surface area contributed by atoms with Gasteiger partial charge < -0.3 is 4.43 Å². The quantitative estimate of drug-likeness (QED) is 0.291. The molecule has 0 saturated carbocycles. The maximum absolute atomic E-state index is 14.5. The zero-order valence-corrected chi connectivity index (χ0v) is 22.1. The Kier molecular flexibility index (Phi) is 7.29. The maximum Gasteiger partial charge on any atom is 0.193 e. The molecular formula is C25H34Cl2FNOSi. The van der Waals surface area contributed by atoms with Crippen LogP contribution in [0.15, 0.2) is 42.5 Å². The van der Waals surface area contributed by atoms with Crippen molar-refractivity contribution in [3.63, 3.8) is 0 Å². The molecule has 6 heteroatoms. The summed E-state index contributed by atoms with van der Waals surface area (Å²) in [5, 5.41) is 0.850. The first-order chi connectivity index (χ1) is 14.3. The van der Waals surface area contributed by atoms with E-state index in [1.165, 1.54) is 0 Å². The van der Waals surface area contributed by atoms with Gasteiger partial charge in [0.2, 0.25) is 0 Å². The Morgan fingerprint density at radius 3 is 2.26 bits per heavy atom. The predicted octanol–water partition coefficient (Wildman–Crippen LogP) is 8.28. The summed E-state index contributed by atoms with van der Waals surface area (Å²) < 4.78 is 21.6. The number of hydrogen-bond donors (Lipinski definition) is 0. The molecule has 2 nitrogen and oxygen atoms in total. The van der Waals surface area contributed by atoms with Gasteiger partial charge in [0.15, 0.2) is 8.32 Å². The van der Waals surface area contributed by atoms with Gasteiger partial charge in [-0.15, -0.1) is 0 Å². The third-order valence-electron chi connectivity index (χ3n) is 6.79. The van der Waals surface area contributed by atoms with Crippen molar-refractivity contribution >= 4 is 31.5 Å². The number of benzene rings is 2. The van der Waals surface area contributed by atoms with Crippen LogP contribution in [0, 0.1) is 11.7 Å². The fourth-order valence-electron chi connectivity index (χ4n) is 3.81. The van der Waals surface area contributed by atoms with Crippen LogP contribution in [0.5, 0.6) is 0 Å². The monoisotopic (exact) mass is 481 g/mol. The van der Waals surface area contributed by atoms with Crippen molar-refractivity contribution in [1.29, 1.82) is 0 Å². The van der Waals surface area contributed by atoms with Gasteiger partial charge in [-0.2, -0.15) is 0 Å². The van der Waals surface area contributed by atoms with E-state index in [-0.39, 0.29) is 22.2 Å². The molecule has 1 aliphatic heterocycles. The van der Waals surface area contributed by atoms with Crippen molar-refractivity contribution in [2.75, 3.05) is 6.54 Å². The summed E-state index contributed by atoms with van der Waals surface area (Å²) in [6.07, 6.45) is -0.260. The molecule has 2 aromatic carbocycles. The van der Waals surface area contributed by atoms with E-state index in [0.717, 1.165) is 17.7 Å². The second-order valence-corrected chi connectivity index (χ2v) is 16.1. The van der Waals surface area contributed by atoms with Crippen molar-refractivity contribution in [3.05, 3.63) is 69.5 Å². The lowest BCUT2D eigenvalue weighted by Gasteiger charge is -2.42. The highest BCUT2D eigenvalue weighted by atomic mass is 35.5. The van der Waals surface area contributed by atoms with E-state index in [9.17, 15) is 4.39 Å². The first-order valence-corrected chi connectivity index (χ1v) is 14.6. The lowest BCUT2D eigenvalue weighted by molar-refractivity contribution is 0.101. The van der Waals surface area contributed by atoms with E-state index in [1.807, 2.05) is 24.3 Å². The highest BCUT2D eigenvalue weighted by Crippen LogP contribution is 2.49. The summed E-state index contributed by atoms with van der Waals surface area (Å²) in [4.78, 5) is 2.42. The summed E-state index contributed by atoms with van der Waals surface area (Å²) in [5.74, 6) is 0.108. The van der Waals surface area contributed by atoms with E-state index < -0.39 is 14.1 Å². The number of halogens is 3. The van der Waals surface area contributed by atoms with Gasteiger partial charge in [-0.25, -0.2) is 4.39 Å². The molecule has 4 atom stereocenters. The van der Waals surface area contributed by atoms with Crippen LogP contribution in [0.1, 0.15) is 57.9 Å². The lowest BCUT2D eigenvalue weighted by atomic mass is 9.95. The fraction of sp³-hybridized carbons (Fsp3) is 0.520. The van der Waals surface area contributed by atoms with Crippen LogP contribution in [0.3, 0.4) is 0 Å². The molecule has 1 aliphatic rings. The van der Waals surface area contributed by atoms with E-state index in [2.05, 4.69) is 58.7 Å². The average Bonchev–Trinajstić information content (AvgIpc) is 3.44. The van der Waals surface area contributed by atoms with Gasteiger partial charge in [-0.1, -0.05) is 76.0 Å². The summed E-state index contributed by atoms with van der Waals surface area (Å²) in [5.41, 5.74) is 1.90. The van der Waals surface area contributed by atoms with E-state index >= 15 is 0 Å². The van der Waals surface area contributed by atoms with Gasteiger partial charge >= 0.3 is 0 Å². The van der Waals surface area contributed by atoms with E-state index in [4.69, 9.17) is 27.6 Å². The summed E-state index contributed by atoms with van der Waals surface area (Å²) in [7, 11) is -2.15. The number of rotatable bonds is 7. The SMILES string of the molecule is CC(C)C1C[N@]1[C@H](c1ccc(Cl)c(F)c1)[C@H](O[Si](C)(C)C(C)(C)C)c1cccc(Cl)c1. The number of nitrogens with zero attached hydrogens (tertiary/aromatic N) is 1. The Balaban J connectivity index is 2.13. The van der Waals surface area contributed by atoms with Crippen LogP contribution in [0.25, 0.3) is 0 Å². The molecule has 0 bridgehead atoms. The van der Waals surface area contributed by atoms with Gasteiger partial charge in [0.25, 0.3) is 0 Å². The Labute approximate surface area is 197 Å². The number of hydrogen-bond acceptors (Lipinski definition) is 2. The van der Waals surface area contributed by atoms with Crippen molar-refractivity contribution in [2.45, 2.75) is 70.9 Å². The molecule has 1 fully saturated rings. The summed E-state index contributed by atoms with van der Waals surface area (Å²) in [6.45, 7) is 16.6. The van der Waals surface area contributed by atoms with E-state index in [0.29, 0.717) is 17.0 Å². The predicted molar refractivity (Wildman–Crippen MR) is 132 cm³/mol. The normalized spacial score (nSPS) is 21.3. The van der Waals surface area contributed by atoms with Gasteiger partial charge in [0, 0.05) is 17.6 Å². The molecule has 0 N–H and O–H groups in total. The second kappa shape index (κ2) is 9.15. The average molecular weight is 483 g/mol. The largest absolute Gasteiger partial charge is 0.408 e. The molecule has 0 aromatic heterocycles. The van der Waals surface area contributed by atoms with Gasteiger partial charge in [-0.3, -0.25) is 4.90 Å². The molecule has 1 unspecified atom stereocenters. The van der Waals surface area contributed by atoms with Crippen LogP contribution in [0.4, 0.5) is 4.39 Å². The molecule has 1 heterocycles. The fourth-order valence-corrected chi connectivity index (χ4v) is 5.38. The first kappa shape index (κ1) is 24.7. The minimum Gasteiger partial charge on any atom is -0.408 e. The summed E-state index contributed by atoms with van der Waals surface area (Å²) in [6, 6.07) is 13.3. The molecule has 2 aromatic rings. The zero-order chi connectivity index (χ0) is 23.1. The van der Waals surface area contributed by atoms with Crippen LogP contribution in [0.2, 0.25) is 28.2 Å². The molecule has 0 radical (unpaired) electrons. The Morgan fingerprint density at radius 2 is 1.74 bits per heavy atom. The van der Waals surface area contributed by atoms with Crippen molar-refractivity contribution in [1.82, 2.24) is 4.90 Å².